The van der Waals surface area contributed by atoms with Crippen LogP contribution in [0.4, 0.5) is 0 Å². The third kappa shape index (κ3) is 60.7. The number of esters is 4. The van der Waals surface area contributed by atoms with Gasteiger partial charge in [-0.3, -0.25) is 37.3 Å². The molecule has 504 valence electrons. The maximum absolute atomic E-state index is 13.0. The first-order chi connectivity index (χ1) is 40.9. The molecule has 0 aliphatic heterocycles. The fraction of sp³-hybridized carbons (Fsp3) is 0.939. The van der Waals surface area contributed by atoms with E-state index in [1.807, 2.05) is 0 Å². The lowest BCUT2D eigenvalue weighted by molar-refractivity contribution is -0.161. The zero-order chi connectivity index (χ0) is 62.9. The van der Waals surface area contributed by atoms with Gasteiger partial charge in [-0.05, 0) is 37.5 Å². The number of carbonyl (C=O) groups excluding carboxylic acids is 4. The van der Waals surface area contributed by atoms with Gasteiger partial charge < -0.3 is 33.8 Å². The Bertz CT molecular complexity index is 1670. The Labute approximate surface area is 517 Å². The third-order valence-corrected chi connectivity index (χ3v) is 17.1. The number of phosphoric ester groups is 2. The number of unbranched alkanes of at least 4 members (excludes halogenated alkanes) is 35. The van der Waals surface area contributed by atoms with Crippen LogP contribution >= 0.6 is 15.6 Å². The van der Waals surface area contributed by atoms with Crippen molar-refractivity contribution in [3.8, 4) is 0 Å². The number of phosphoric acid groups is 2. The molecule has 0 radical (unpaired) electrons. The van der Waals surface area contributed by atoms with Crippen molar-refractivity contribution in [3.05, 3.63) is 0 Å². The second-order valence-electron chi connectivity index (χ2n) is 24.8. The van der Waals surface area contributed by atoms with Crippen LogP contribution < -0.4 is 0 Å². The molecule has 17 nitrogen and oxygen atoms in total. The summed E-state index contributed by atoms with van der Waals surface area (Å²) in [6.45, 7) is 9.38. The third-order valence-electron chi connectivity index (χ3n) is 15.2. The molecule has 0 aromatic rings. The molecule has 0 saturated carbocycles. The highest BCUT2D eigenvalue weighted by Gasteiger charge is 2.30. The fourth-order valence-electron chi connectivity index (χ4n) is 9.88. The van der Waals surface area contributed by atoms with E-state index in [1.165, 1.54) is 141 Å². The highest BCUT2D eigenvalue weighted by atomic mass is 31.2. The molecule has 0 aromatic heterocycles. The quantitative estimate of drug-likeness (QED) is 0.0222. The first-order valence-electron chi connectivity index (χ1n) is 34.5. The van der Waals surface area contributed by atoms with E-state index < -0.39 is 97.5 Å². The van der Waals surface area contributed by atoms with Crippen molar-refractivity contribution in [3.63, 3.8) is 0 Å². The van der Waals surface area contributed by atoms with Gasteiger partial charge in [-0.1, -0.05) is 279 Å². The van der Waals surface area contributed by atoms with Gasteiger partial charge in [0.2, 0.25) is 0 Å². The molecule has 0 aromatic carbocycles. The summed E-state index contributed by atoms with van der Waals surface area (Å²) in [7, 11) is -9.89. The Kier molecular flexibility index (Phi) is 57.1. The minimum Gasteiger partial charge on any atom is -0.462 e. The average molecular weight is 1260 g/mol. The van der Waals surface area contributed by atoms with Crippen molar-refractivity contribution in [1.82, 2.24) is 0 Å². The normalized spacial score (nSPS) is 14.2. The predicted molar refractivity (Wildman–Crippen MR) is 340 cm³/mol. The van der Waals surface area contributed by atoms with Gasteiger partial charge in [-0.15, -0.1) is 0 Å². The molecule has 19 heteroatoms. The SMILES string of the molecule is CCCCCCCCCCCCCCCCCCC(=O)O[C@H](COC(=O)CCCCCCCCCC(C)C)COP(=O)(O)OC[C@@H](O)COP(=O)(O)OC[C@@H](COC(=O)CCCCCCCCCCC)OC(=O)CCCCCCCCCC(C)C. The number of hydrogen-bond donors (Lipinski definition) is 3. The van der Waals surface area contributed by atoms with Crippen molar-refractivity contribution in [2.75, 3.05) is 39.6 Å². The molecule has 0 bridgehead atoms. The molecular weight excluding hydrogens is 1130 g/mol. The van der Waals surface area contributed by atoms with Gasteiger partial charge in [0.15, 0.2) is 12.2 Å². The highest BCUT2D eigenvalue weighted by Crippen LogP contribution is 2.45. The van der Waals surface area contributed by atoms with Crippen molar-refractivity contribution in [1.29, 1.82) is 0 Å². The van der Waals surface area contributed by atoms with Crippen molar-refractivity contribution in [2.45, 2.75) is 349 Å². The monoisotopic (exact) mass is 1250 g/mol. The van der Waals surface area contributed by atoms with Gasteiger partial charge in [-0.25, -0.2) is 9.13 Å². The molecule has 0 spiro atoms. The average Bonchev–Trinajstić information content (AvgIpc) is 3.52. The summed E-state index contributed by atoms with van der Waals surface area (Å²) < 4.78 is 68.0. The van der Waals surface area contributed by atoms with E-state index in [2.05, 4.69) is 41.5 Å². The summed E-state index contributed by atoms with van der Waals surface area (Å²) in [6, 6.07) is 0. The second-order valence-corrected chi connectivity index (χ2v) is 27.7. The van der Waals surface area contributed by atoms with Crippen molar-refractivity contribution < 1.29 is 80.2 Å². The Hall–Kier alpha value is -1.94. The van der Waals surface area contributed by atoms with E-state index >= 15 is 0 Å². The lowest BCUT2D eigenvalue weighted by Crippen LogP contribution is -2.30. The van der Waals surface area contributed by atoms with Crippen LogP contribution in [0.2, 0.25) is 0 Å². The minimum absolute atomic E-state index is 0.103. The Balaban J connectivity index is 5.21. The summed E-state index contributed by atoms with van der Waals surface area (Å²) in [5.41, 5.74) is 0. The van der Waals surface area contributed by atoms with Crippen molar-refractivity contribution >= 4 is 39.5 Å². The van der Waals surface area contributed by atoms with Gasteiger partial charge in [0.1, 0.15) is 19.3 Å². The van der Waals surface area contributed by atoms with E-state index in [-0.39, 0.29) is 25.7 Å². The van der Waals surface area contributed by atoms with E-state index in [9.17, 15) is 43.2 Å². The van der Waals surface area contributed by atoms with Crippen LogP contribution in [0.3, 0.4) is 0 Å². The van der Waals surface area contributed by atoms with Gasteiger partial charge in [-0.2, -0.15) is 0 Å². The molecule has 2 unspecified atom stereocenters. The number of hydrogen-bond acceptors (Lipinski definition) is 15. The topological polar surface area (TPSA) is 237 Å². The summed E-state index contributed by atoms with van der Waals surface area (Å²) in [5.74, 6) is -0.733. The number of aliphatic hydroxyl groups is 1. The smallest absolute Gasteiger partial charge is 0.462 e. The summed E-state index contributed by atoms with van der Waals surface area (Å²) in [5, 5.41) is 10.5. The Morgan fingerprint density at radius 2 is 0.541 bits per heavy atom. The van der Waals surface area contributed by atoms with Crippen LogP contribution in [0, 0.1) is 11.8 Å². The predicted octanol–water partition coefficient (Wildman–Crippen LogP) is 18.4. The van der Waals surface area contributed by atoms with Crippen LogP contribution in [-0.2, 0) is 65.4 Å². The Morgan fingerprint density at radius 3 is 0.800 bits per heavy atom. The summed E-state index contributed by atoms with van der Waals surface area (Å²) in [4.78, 5) is 72.2. The lowest BCUT2D eigenvalue weighted by Gasteiger charge is -2.21. The Morgan fingerprint density at radius 1 is 0.318 bits per heavy atom. The van der Waals surface area contributed by atoms with Crippen LogP contribution in [0.5, 0.6) is 0 Å². The first kappa shape index (κ1) is 83.1. The second kappa shape index (κ2) is 58.4. The molecule has 0 rings (SSSR count). The fourth-order valence-corrected chi connectivity index (χ4v) is 11.5. The van der Waals surface area contributed by atoms with E-state index in [1.54, 1.807) is 0 Å². The van der Waals surface area contributed by atoms with Crippen molar-refractivity contribution in [2.24, 2.45) is 11.8 Å². The zero-order valence-electron chi connectivity index (χ0n) is 54.9. The minimum atomic E-state index is -4.95. The molecule has 0 fully saturated rings. The van der Waals surface area contributed by atoms with Crippen LogP contribution in [0.15, 0.2) is 0 Å². The van der Waals surface area contributed by atoms with E-state index in [0.29, 0.717) is 37.5 Å². The number of carbonyl (C=O) groups is 4. The molecular formula is C66H128O17P2. The molecule has 0 heterocycles. The van der Waals surface area contributed by atoms with Gasteiger partial charge in [0.25, 0.3) is 0 Å². The zero-order valence-corrected chi connectivity index (χ0v) is 56.7. The standard InChI is InChI=1S/C66H128O17P2/c1-7-9-11-13-15-17-18-19-20-21-22-23-25-31-38-44-50-65(70)82-61(55-77-64(69)49-43-37-32-26-28-34-40-46-58(3)4)56-80-84(72,73)78-52-60(67)53-79-85(74,75)81-57-62(54-76-63(68)48-42-36-30-24-16-14-12-10-8-2)83-66(71)51-45-39-33-27-29-35-41-47-59(5)6/h58-62,67H,7-57H2,1-6H3,(H,72,73)(H,74,75)/t60-,61-,62-/m1/s1. The van der Waals surface area contributed by atoms with Crippen LogP contribution in [-0.4, -0.2) is 96.7 Å². The summed E-state index contributed by atoms with van der Waals surface area (Å²) >= 11 is 0. The first-order valence-corrected chi connectivity index (χ1v) is 37.5. The largest absolute Gasteiger partial charge is 0.472 e. The molecule has 5 atom stereocenters. The van der Waals surface area contributed by atoms with E-state index in [0.717, 1.165) is 96.3 Å². The molecule has 0 aliphatic rings. The highest BCUT2D eigenvalue weighted by molar-refractivity contribution is 7.47. The molecule has 0 aliphatic carbocycles. The molecule has 0 saturated heterocycles. The van der Waals surface area contributed by atoms with Gasteiger partial charge >= 0.3 is 39.5 Å². The van der Waals surface area contributed by atoms with Gasteiger partial charge in [0.05, 0.1) is 26.4 Å². The summed E-state index contributed by atoms with van der Waals surface area (Å²) in [6.07, 6.45) is 41.9. The number of ether oxygens (including phenoxy) is 4. The molecule has 85 heavy (non-hydrogen) atoms. The number of aliphatic hydroxyl groups excluding tert-OH is 1. The molecule has 0 amide bonds. The van der Waals surface area contributed by atoms with Gasteiger partial charge in [0, 0.05) is 25.7 Å². The molecule has 3 N–H and O–H groups in total. The van der Waals surface area contributed by atoms with E-state index in [4.69, 9.17) is 37.0 Å². The maximum Gasteiger partial charge on any atom is 0.472 e. The lowest BCUT2D eigenvalue weighted by atomic mass is 10.0. The van der Waals surface area contributed by atoms with Crippen LogP contribution in [0.25, 0.3) is 0 Å². The maximum atomic E-state index is 13.0. The number of rotatable bonds is 65. The van der Waals surface area contributed by atoms with Crippen LogP contribution in [0.1, 0.15) is 330 Å².